The van der Waals surface area contributed by atoms with Gasteiger partial charge in [-0.15, -0.1) is 0 Å². The number of amides is 1. The summed E-state index contributed by atoms with van der Waals surface area (Å²) in [5, 5.41) is 0. The zero-order chi connectivity index (χ0) is 18.3. The van der Waals surface area contributed by atoms with Crippen LogP contribution >= 0.6 is 0 Å². The summed E-state index contributed by atoms with van der Waals surface area (Å²) in [6, 6.07) is 11.7. The van der Waals surface area contributed by atoms with Gasteiger partial charge in [0, 0.05) is 37.3 Å². The minimum Gasteiger partial charge on any atom is -0.345 e. The predicted molar refractivity (Wildman–Crippen MR) is 100.0 cm³/mol. The first-order chi connectivity index (χ1) is 12.5. The number of carbonyl (C=O) groups excluding carboxylic acids is 1. The second kappa shape index (κ2) is 6.44. The molecule has 134 valence electrons. The maximum Gasteiger partial charge on any atom is 0.270 e. The third-order valence-electron chi connectivity index (χ3n) is 5.26. The van der Waals surface area contributed by atoms with E-state index < -0.39 is 0 Å². The number of carbonyl (C=O) groups is 1. The number of benzene rings is 1. The highest BCUT2D eigenvalue weighted by molar-refractivity contribution is 5.77. The molecule has 0 bridgehead atoms. The van der Waals surface area contributed by atoms with Crippen molar-refractivity contribution in [1.82, 2.24) is 19.4 Å². The molecule has 1 aliphatic heterocycles. The number of para-hydroxylation sites is 2. The SMILES string of the molecule is Cc1ccc2n1CCN(C(=O)CCc1nc3ccccc3[nH]c1=O)C2C. The molecule has 0 spiro atoms. The lowest BCUT2D eigenvalue weighted by Gasteiger charge is -2.35. The largest absolute Gasteiger partial charge is 0.345 e. The molecule has 1 amide bonds. The van der Waals surface area contributed by atoms with Crippen molar-refractivity contribution < 1.29 is 4.79 Å². The Morgan fingerprint density at radius 2 is 2.04 bits per heavy atom. The molecule has 4 rings (SSSR count). The van der Waals surface area contributed by atoms with Crippen molar-refractivity contribution in [3.05, 3.63) is 63.8 Å². The molecule has 0 fully saturated rings. The van der Waals surface area contributed by atoms with E-state index in [0.717, 1.165) is 12.1 Å². The van der Waals surface area contributed by atoms with E-state index in [1.54, 1.807) is 0 Å². The van der Waals surface area contributed by atoms with Crippen LogP contribution in [0.3, 0.4) is 0 Å². The highest BCUT2D eigenvalue weighted by Crippen LogP contribution is 2.27. The van der Waals surface area contributed by atoms with Crippen LogP contribution in [0.2, 0.25) is 0 Å². The average Bonchev–Trinajstić information content (AvgIpc) is 3.02. The van der Waals surface area contributed by atoms with Gasteiger partial charge in [0.05, 0.1) is 17.1 Å². The lowest BCUT2D eigenvalue weighted by Crippen LogP contribution is -2.41. The van der Waals surface area contributed by atoms with Crippen molar-refractivity contribution in [1.29, 1.82) is 0 Å². The minimum atomic E-state index is -0.215. The Bertz CT molecular complexity index is 1030. The van der Waals surface area contributed by atoms with E-state index in [0.29, 0.717) is 30.6 Å². The summed E-state index contributed by atoms with van der Waals surface area (Å²) in [6.07, 6.45) is 0.640. The van der Waals surface area contributed by atoms with E-state index in [2.05, 4.69) is 40.5 Å². The molecule has 1 aliphatic rings. The topological polar surface area (TPSA) is 71.0 Å². The number of fused-ring (bicyclic) bond motifs is 2. The number of H-pyrrole nitrogens is 1. The van der Waals surface area contributed by atoms with E-state index in [4.69, 9.17) is 0 Å². The van der Waals surface area contributed by atoms with Gasteiger partial charge in [-0.3, -0.25) is 9.59 Å². The zero-order valence-corrected chi connectivity index (χ0v) is 15.0. The second-order valence-corrected chi connectivity index (χ2v) is 6.84. The van der Waals surface area contributed by atoms with E-state index in [-0.39, 0.29) is 17.5 Å². The molecular formula is C20H22N4O2. The third-order valence-corrected chi connectivity index (χ3v) is 5.26. The number of hydrogen-bond donors (Lipinski definition) is 1. The molecule has 0 saturated heterocycles. The molecule has 6 nitrogen and oxygen atoms in total. The Labute approximate surface area is 151 Å². The van der Waals surface area contributed by atoms with Crippen molar-refractivity contribution >= 4 is 16.9 Å². The smallest absolute Gasteiger partial charge is 0.270 e. The monoisotopic (exact) mass is 350 g/mol. The zero-order valence-electron chi connectivity index (χ0n) is 15.0. The third kappa shape index (κ3) is 2.81. The van der Waals surface area contributed by atoms with E-state index in [1.165, 1.54) is 11.4 Å². The molecule has 26 heavy (non-hydrogen) atoms. The first kappa shape index (κ1) is 16.6. The van der Waals surface area contributed by atoms with Gasteiger partial charge in [-0.25, -0.2) is 4.98 Å². The quantitative estimate of drug-likeness (QED) is 0.789. The molecular weight excluding hydrogens is 328 g/mol. The lowest BCUT2D eigenvalue weighted by atomic mass is 10.1. The Balaban J connectivity index is 1.49. The fourth-order valence-corrected chi connectivity index (χ4v) is 3.77. The maximum atomic E-state index is 12.7. The molecule has 6 heteroatoms. The van der Waals surface area contributed by atoms with Crippen molar-refractivity contribution in [3.63, 3.8) is 0 Å². The van der Waals surface area contributed by atoms with Gasteiger partial charge in [-0.05, 0) is 38.1 Å². The summed E-state index contributed by atoms with van der Waals surface area (Å²) in [6.45, 7) is 5.66. The van der Waals surface area contributed by atoms with E-state index >= 15 is 0 Å². The van der Waals surface area contributed by atoms with Crippen LogP contribution in [0.4, 0.5) is 0 Å². The fraction of sp³-hybridized carbons (Fsp3) is 0.350. The van der Waals surface area contributed by atoms with Crippen molar-refractivity contribution in [3.8, 4) is 0 Å². The normalized spacial score (nSPS) is 16.7. The van der Waals surface area contributed by atoms with Crippen molar-refractivity contribution in [2.24, 2.45) is 0 Å². The van der Waals surface area contributed by atoms with Gasteiger partial charge in [0.1, 0.15) is 5.69 Å². The van der Waals surface area contributed by atoms with Gasteiger partial charge in [0.15, 0.2) is 0 Å². The fourth-order valence-electron chi connectivity index (χ4n) is 3.77. The standard InChI is InChI=1S/C20H22N4O2/c1-13-7-9-18-14(2)24(12-11-23(13)18)19(25)10-8-17-20(26)22-16-6-4-3-5-15(16)21-17/h3-7,9,14H,8,10-12H2,1-2H3,(H,22,26). The summed E-state index contributed by atoms with van der Waals surface area (Å²) in [7, 11) is 0. The summed E-state index contributed by atoms with van der Waals surface area (Å²) in [5.74, 6) is 0.0666. The van der Waals surface area contributed by atoms with Crippen LogP contribution in [0, 0.1) is 6.92 Å². The van der Waals surface area contributed by atoms with Gasteiger partial charge >= 0.3 is 0 Å². The number of aryl methyl sites for hydroxylation is 2. The Kier molecular flexibility index (Phi) is 4.11. The number of aromatic amines is 1. The Morgan fingerprint density at radius 3 is 2.88 bits per heavy atom. The number of nitrogens with one attached hydrogen (secondary N) is 1. The number of nitrogens with zero attached hydrogens (tertiary/aromatic N) is 3. The van der Waals surface area contributed by atoms with Gasteiger partial charge in [0.2, 0.25) is 5.91 Å². The van der Waals surface area contributed by atoms with Gasteiger partial charge < -0.3 is 14.5 Å². The summed E-state index contributed by atoms with van der Waals surface area (Å²) < 4.78 is 2.27. The highest BCUT2D eigenvalue weighted by Gasteiger charge is 2.28. The second-order valence-electron chi connectivity index (χ2n) is 6.84. The molecule has 1 atom stereocenters. The predicted octanol–water partition coefficient (Wildman–Crippen LogP) is 2.57. The molecule has 3 heterocycles. The lowest BCUT2D eigenvalue weighted by molar-refractivity contribution is -0.134. The van der Waals surface area contributed by atoms with Crippen molar-refractivity contribution in [2.45, 2.75) is 39.3 Å². The van der Waals surface area contributed by atoms with E-state index in [9.17, 15) is 9.59 Å². The average molecular weight is 350 g/mol. The minimum absolute atomic E-state index is 0.0489. The first-order valence-electron chi connectivity index (χ1n) is 8.98. The summed E-state index contributed by atoms with van der Waals surface area (Å²) in [4.78, 5) is 34.1. The number of rotatable bonds is 3. The van der Waals surface area contributed by atoms with Crippen LogP contribution in [-0.4, -0.2) is 31.9 Å². The van der Waals surface area contributed by atoms with Crippen LogP contribution in [-0.2, 0) is 17.8 Å². The maximum absolute atomic E-state index is 12.7. The number of aromatic nitrogens is 3. The first-order valence-corrected chi connectivity index (χ1v) is 8.98. The Hall–Kier alpha value is -2.89. The molecule has 2 aromatic heterocycles. The number of hydrogen-bond acceptors (Lipinski definition) is 3. The molecule has 0 saturated carbocycles. The van der Waals surface area contributed by atoms with E-state index in [1.807, 2.05) is 29.2 Å². The molecule has 0 aliphatic carbocycles. The molecule has 1 unspecified atom stereocenters. The van der Waals surface area contributed by atoms with Crippen LogP contribution in [0.5, 0.6) is 0 Å². The van der Waals surface area contributed by atoms with Gasteiger partial charge in [-0.1, -0.05) is 12.1 Å². The van der Waals surface area contributed by atoms with Crippen LogP contribution in [0.25, 0.3) is 11.0 Å². The molecule has 3 aromatic rings. The summed E-state index contributed by atoms with van der Waals surface area (Å²) >= 11 is 0. The van der Waals surface area contributed by atoms with Crippen LogP contribution in [0.15, 0.2) is 41.2 Å². The molecule has 1 aromatic carbocycles. The highest BCUT2D eigenvalue weighted by atomic mass is 16.2. The Morgan fingerprint density at radius 1 is 1.23 bits per heavy atom. The van der Waals surface area contributed by atoms with Crippen LogP contribution in [0.1, 0.15) is 36.5 Å². The van der Waals surface area contributed by atoms with Gasteiger partial charge in [0.25, 0.3) is 5.56 Å². The van der Waals surface area contributed by atoms with Crippen molar-refractivity contribution in [2.75, 3.05) is 6.54 Å². The molecule has 0 radical (unpaired) electrons. The van der Waals surface area contributed by atoms with Gasteiger partial charge in [-0.2, -0.15) is 0 Å². The molecule has 1 N–H and O–H groups in total. The summed E-state index contributed by atoms with van der Waals surface area (Å²) in [5.41, 5.74) is 4.06. The van der Waals surface area contributed by atoms with Crippen LogP contribution < -0.4 is 5.56 Å².